The van der Waals surface area contributed by atoms with Crippen LogP contribution < -0.4 is 5.32 Å². The molecule has 1 N–H and O–H groups in total. The van der Waals surface area contributed by atoms with Crippen molar-refractivity contribution in [3.05, 3.63) is 35.9 Å². The molecule has 1 aromatic carbocycles. The molecule has 1 fully saturated rings. The van der Waals surface area contributed by atoms with Crippen LogP contribution in [0.4, 0.5) is 0 Å². The average molecular weight is 231 g/mol. The van der Waals surface area contributed by atoms with Gasteiger partial charge in [-0.2, -0.15) is 5.10 Å². The monoisotopic (exact) mass is 231 g/mol. The summed E-state index contributed by atoms with van der Waals surface area (Å²) in [5, 5.41) is 9.26. The van der Waals surface area contributed by atoms with E-state index in [1.54, 1.807) is 0 Å². The van der Waals surface area contributed by atoms with Crippen molar-refractivity contribution in [1.82, 2.24) is 10.3 Å². The second-order valence-electron chi connectivity index (χ2n) is 4.96. The summed E-state index contributed by atoms with van der Waals surface area (Å²) in [7, 11) is 0. The molecule has 3 rings (SSSR count). The SMILES string of the molecule is C1CCNC1.CC(C)(c1ccccc1)N1C=N1. The lowest BCUT2D eigenvalue weighted by atomic mass is 9.95. The van der Waals surface area contributed by atoms with Crippen LogP contribution in [0.15, 0.2) is 35.4 Å². The summed E-state index contributed by atoms with van der Waals surface area (Å²) in [6.45, 7) is 6.82. The van der Waals surface area contributed by atoms with E-state index in [-0.39, 0.29) is 5.54 Å². The van der Waals surface area contributed by atoms with Gasteiger partial charge in [-0.1, -0.05) is 30.3 Å². The molecular weight excluding hydrogens is 210 g/mol. The van der Waals surface area contributed by atoms with Gasteiger partial charge in [-0.05, 0) is 45.3 Å². The van der Waals surface area contributed by atoms with Gasteiger partial charge in [-0.15, -0.1) is 0 Å². The average Bonchev–Trinajstić information content (AvgIpc) is 3.06. The standard InChI is InChI=1S/C10H12N2.C4H9N/c1-10(2,12-8-11-12)9-6-4-3-5-7-9;1-2-4-5-3-1/h3-8H,1-2H3;5H,1-4H2. The van der Waals surface area contributed by atoms with Gasteiger partial charge in [-0.3, -0.25) is 0 Å². The predicted molar refractivity (Wildman–Crippen MR) is 71.9 cm³/mol. The maximum Gasteiger partial charge on any atom is 0.133 e. The molecule has 0 bridgehead atoms. The molecule has 0 aromatic heterocycles. The van der Waals surface area contributed by atoms with Gasteiger partial charge in [0.1, 0.15) is 6.34 Å². The van der Waals surface area contributed by atoms with E-state index in [0.29, 0.717) is 0 Å². The molecule has 2 aliphatic heterocycles. The molecule has 0 saturated carbocycles. The Labute approximate surface area is 104 Å². The first-order valence-corrected chi connectivity index (χ1v) is 6.31. The smallest absolute Gasteiger partial charge is 0.133 e. The van der Waals surface area contributed by atoms with Crippen molar-refractivity contribution in [3.63, 3.8) is 0 Å². The molecule has 1 saturated heterocycles. The zero-order valence-corrected chi connectivity index (χ0v) is 10.7. The maximum atomic E-state index is 4.06. The van der Waals surface area contributed by atoms with E-state index in [4.69, 9.17) is 0 Å². The third kappa shape index (κ3) is 3.30. The Morgan fingerprint density at radius 3 is 2.12 bits per heavy atom. The second kappa shape index (κ2) is 5.32. The van der Waals surface area contributed by atoms with E-state index >= 15 is 0 Å². The van der Waals surface area contributed by atoms with Crippen molar-refractivity contribution < 1.29 is 0 Å². The first kappa shape index (κ1) is 12.1. The number of hydrazone groups is 1. The lowest BCUT2D eigenvalue weighted by molar-refractivity contribution is 0.291. The van der Waals surface area contributed by atoms with Crippen LogP contribution in [0.5, 0.6) is 0 Å². The summed E-state index contributed by atoms with van der Waals surface area (Å²) < 4.78 is 0. The Morgan fingerprint density at radius 1 is 1.12 bits per heavy atom. The van der Waals surface area contributed by atoms with E-state index in [1.807, 2.05) is 17.4 Å². The second-order valence-corrected chi connectivity index (χ2v) is 4.96. The molecule has 0 radical (unpaired) electrons. The lowest BCUT2D eigenvalue weighted by Gasteiger charge is -2.25. The van der Waals surface area contributed by atoms with Crippen molar-refractivity contribution in [2.24, 2.45) is 5.10 Å². The summed E-state index contributed by atoms with van der Waals surface area (Å²) in [6.07, 6.45) is 4.63. The van der Waals surface area contributed by atoms with Crippen LogP contribution in [-0.4, -0.2) is 24.4 Å². The molecule has 0 atom stereocenters. The molecule has 0 unspecified atom stereocenters. The van der Waals surface area contributed by atoms with Gasteiger partial charge in [0.25, 0.3) is 0 Å². The van der Waals surface area contributed by atoms with Gasteiger partial charge in [0.2, 0.25) is 0 Å². The third-order valence-electron chi connectivity index (χ3n) is 3.24. The minimum absolute atomic E-state index is 0.0151. The van der Waals surface area contributed by atoms with Crippen LogP contribution >= 0.6 is 0 Å². The maximum absolute atomic E-state index is 4.06. The van der Waals surface area contributed by atoms with E-state index in [1.165, 1.54) is 31.5 Å². The number of hydrogen-bond acceptors (Lipinski definition) is 3. The van der Waals surface area contributed by atoms with E-state index in [2.05, 4.69) is 48.5 Å². The van der Waals surface area contributed by atoms with Crippen molar-refractivity contribution in [2.75, 3.05) is 13.1 Å². The molecule has 0 amide bonds. The minimum atomic E-state index is 0.0151. The quantitative estimate of drug-likeness (QED) is 0.847. The van der Waals surface area contributed by atoms with Crippen LogP contribution in [0, 0.1) is 0 Å². The molecule has 3 heteroatoms. The summed E-state index contributed by atoms with van der Waals surface area (Å²) >= 11 is 0. The van der Waals surface area contributed by atoms with Crippen molar-refractivity contribution >= 4 is 6.34 Å². The fourth-order valence-electron chi connectivity index (χ4n) is 1.92. The van der Waals surface area contributed by atoms with Crippen LogP contribution in [0.3, 0.4) is 0 Å². The molecule has 2 heterocycles. The van der Waals surface area contributed by atoms with Crippen molar-refractivity contribution in [3.8, 4) is 0 Å². The zero-order chi connectivity index (χ0) is 12.1. The van der Waals surface area contributed by atoms with Gasteiger partial charge >= 0.3 is 0 Å². The highest BCUT2D eigenvalue weighted by atomic mass is 15.6. The van der Waals surface area contributed by atoms with E-state index in [0.717, 1.165) is 0 Å². The number of hydrogen-bond donors (Lipinski definition) is 1. The summed E-state index contributed by atoms with van der Waals surface area (Å²) in [6, 6.07) is 10.4. The highest BCUT2D eigenvalue weighted by molar-refractivity contribution is 5.67. The minimum Gasteiger partial charge on any atom is -0.317 e. The van der Waals surface area contributed by atoms with Crippen LogP contribution in [0.2, 0.25) is 0 Å². The van der Waals surface area contributed by atoms with Crippen molar-refractivity contribution in [2.45, 2.75) is 32.2 Å². The van der Waals surface area contributed by atoms with Gasteiger partial charge in [-0.25, -0.2) is 5.01 Å². The Balaban J connectivity index is 0.000000181. The molecule has 3 nitrogen and oxygen atoms in total. The number of nitrogens with zero attached hydrogens (tertiary/aromatic N) is 2. The number of rotatable bonds is 2. The normalized spacial score (nSPS) is 17.6. The van der Waals surface area contributed by atoms with Gasteiger partial charge in [0, 0.05) is 0 Å². The van der Waals surface area contributed by atoms with Gasteiger partial charge in [0.15, 0.2) is 0 Å². The summed E-state index contributed by atoms with van der Waals surface area (Å²) in [5.74, 6) is 0. The highest BCUT2D eigenvalue weighted by Crippen LogP contribution is 2.30. The molecule has 17 heavy (non-hydrogen) atoms. The topological polar surface area (TPSA) is 27.4 Å². The number of nitrogens with one attached hydrogen (secondary N) is 1. The Morgan fingerprint density at radius 2 is 1.71 bits per heavy atom. The molecule has 0 aliphatic carbocycles. The van der Waals surface area contributed by atoms with E-state index in [9.17, 15) is 0 Å². The fraction of sp³-hybridized carbons (Fsp3) is 0.500. The first-order chi connectivity index (χ1) is 8.21. The van der Waals surface area contributed by atoms with Gasteiger partial charge in [0.05, 0.1) is 5.54 Å². The molecule has 2 aliphatic rings. The Hall–Kier alpha value is -1.35. The van der Waals surface area contributed by atoms with Crippen LogP contribution in [0.1, 0.15) is 32.3 Å². The summed E-state index contributed by atoms with van der Waals surface area (Å²) in [4.78, 5) is 0. The fourth-order valence-corrected chi connectivity index (χ4v) is 1.92. The van der Waals surface area contributed by atoms with Crippen molar-refractivity contribution in [1.29, 1.82) is 0 Å². The van der Waals surface area contributed by atoms with Crippen LogP contribution in [-0.2, 0) is 5.54 Å². The third-order valence-corrected chi connectivity index (χ3v) is 3.24. The molecule has 0 spiro atoms. The lowest BCUT2D eigenvalue weighted by Crippen LogP contribution is -2.27. The number of benzene rings is 1. The van der Waals surface area contributed by atoms with Crippen LogP contribution in [0.25, 0.3) is 0 Å². The largest absolute Gasteiger partial charge is 0.317 e. The first-order valence-electron chi connectivity index (χ1n) is 6.31. The van der Waals surface area contributed by atoms with E-state index < -0.39 is 0 Å². The Bertz CT molecular complexity index is 353. The molecular formula is C14H21N3. The summed E-state index contributed by atoms with van der Waals surface area (Å²) in [5.41, 5.74) is 1.31. The highest BCUT2D eigenvalue weighted by Gasteiger charge is 2.31. The zero-order valence-electron chi connectivity index (χ0n) is 10.7. The Kier molecular flexibility index (Phi) is 3.79. The molecule has 92 valence electrons. The van der Waals surface area contributed by atoms with Gasteiger partial charge < -0.3 is 5.32 Å². The molecule has 1 aromatic rings. The predicted octanol–water partition coefficient (Wildman–Crippen LogP) is 2.55.